The van der Waals surface area contributed by atoms with Gasteiger partial charge in [-0.3, -0.25) is 14.2 Å². The molecule has 0 bridgehead atoms. The standard InChI is InChI=1S/C28H28F2N4O4/c1-33(20-5-8-31-9-6-20)11-12-37-21-7-10-34-22(17-32-26(34)16-21)19-14-24(36-2)27(23(35)13-18-3-4-18)25(15-19)38-28(29)30/h5-10,14-18,28H,3-4,11-13H2,1-2H3. The van der Waals surface area contributed by atoms with E-state index in [0.717, 1.165) is 18.5 Å². The Hall–Kier alpha value is -4.21. The monoisotopic (exact) mass is 522 g/mol. The number of rotatable bonds is 12. The number of carbonyl (C=O) groups excluding carboxylic acids is 1. The van der Waals surface area contributed by atoms with E-state index in [1.54, 1.807) is 36.9 Å². The number of ketones is 1. The number of halogens is 2. The molecule has 0 saturated heterocycles. The summed E-state index contributed by atoms with van der Waals surface area (Å²) in [6.07, 6.45) is 9.13. The predicted octanol–water partition coefficient (Wildman–Crippen LogP) is 5.50. The van der Waals surface area contributed by atoms with Gasteiger partial charge in [0.15, 0.2) is 5.78 Å². The van der Waals surface area contributed by atoms with Crippen LogP contribution >= 0.6 is 0 Å². The van der Waals surface area contributed by atoms with Crippen LogP contribution in [-0.4, -0.2) is 54.1 Å². The molecule has 1 aliphatic rings. The van der Waals surface area contributed by atoms with Crippen LogP contribution in [0.5, 0.6) is 17.2 Å². The lowest BCUT2D eigenvalue weighted by atomic mass is 10.00. The van der Waals surface area contributed by atoms with Gasteiger partial charge in [0.2, 0.25) is 0 Å². The molecule has 0 N–H and O–H groups in total. The van der Waals surface area contributed by atoms with Crippen molar-refractivity contribution in [2.45, 2.75) is 25.9 Å². The summed E-state index contributed by atoms with van der Waals surface area (Å²) in [7, 11) is 3.39. The molecule has 10 heteroatoms. The maximum Gasteiger partial charge on any atom is 0.387 e. The van der Waals surface area contributed by atoms with E-state index in [0.29, 0.717) is 35.8 Å². The van der Waals surface area contributed by atoms with Crippen molar-refractivity contribution in [2.24, 2.45) is 5.92 Å². The number of methoxy groups -OCH3 is 1. The first-order chi connectivity index (χ1) is 18.4. The molecular weight excluding hydrogens is 494 g/mol. The maximum atomic E-state index is 13.3. The molecule has 0 amide bonds. The van der Waals surface area contributed by atoms with Crippen molar-refractivity contribution in [3.63, 3.8) is 0 Å². The number of fused-ring (bicyclic) bond motifs is 1. The number of nitrogens with zero attached hydrogens (tertiary/aromatic N) is 4. The molecule has 0 spiro atoms. The van der Waals surface area contributed by atoms with Crippen LogP contribution in [-0.2, 0) is 0 Å². The van der Waals surface area contributed by atoms with Crippen molar-refractivity contribution in [3.8, 4) is 28.5 Å². The molecule has 1 saturated carbocycles. The highest BCUT2D eigenvalue weighted by Gasteiger charge is 2.29. The van der Waals surface area contributed by atoms with Gasteiger partial charge in [-0.05, 0) is 49.1 Å². The number of aromatic nitrogens is 3. The summed E-state index contributed by atoms with van der Waals surface area (Å²) in [6, 6.07) is 10.6. The van der Waals surface area contributed by atoms with E-state index in [1.165, 1.54) is 13.2 Å². The van der Waals surface area contributed by atoms with Crippen molar-refractivity contribution < 1.29 is 27.8 Å². The fraction of sp³-hybridized carbons (Fsp3) is 0.321. The Morgan fingerprint density at radius 3 is 2.63 bits per heavy atom. The van der Waals surface area contributed by atoms with Gasteiger partial charge in [-0.25, -0.2) is 4.98 Å². The molecule has 38 heavy (non-hydrogen) atoms. The summed E-state index contributed by atoms with van der Waals surface area (Å²) < 4.78 is 44.5. The van der Waals surface area contributed by atoms with Crippen LogP contribution < -0.4 is 19.1 Å². The van der Waals surface area contributed by atoms with Crippen LogP contribution in [0.3, 0.4) is 0 Å². The van der Waals surface area contributed by atoms with Gasteiger partial charge in [0.25, 0.3) is 0 Å². The molecule has 1 aromatic carbocycles. The van der Waals surface area contributed by atoms with Crippen LogP contribution in [0.15, 0.2) is 61.2 Å². The predicted molar refractivity (Wildman–Crippen MR) is 138 cm³/mol. The first kappa shape index (κ1) is 25.4. The lowest BCUT2D eigenvalue weighted by Gasteiger charge is -2.19. The third kappa shape index (κ3) is 5.69. The molecule has 0 aliphatic heterocycles. The zero-order valence-corrected chi connectivity index (χ0v) is 21.1. The van der Waals surface area contributed by atoms with Gasteiger partial charge >= 0.3 is 6.61 Å². The van der Waals surface area contributed by atoms with E-state index in [-0.39, 0.29) is 35.2 Å². The number of pyridine rings is 2. The number of hydrogen-bond acceptors (Lipinski definition) is 7. The first-order valence-corrected chi connectivity index (χ1v) is 12.3. The quantitative estimate of drug-likeness (QED) is 0.227. The number of imidazole rings is 1. The Bertz CT molecular complexity index is 1420. The smallest absolute Gasteiger partial charge is 0.387 e. The van der Waals surface area contributed by atoms with Gasteiger partial charge in [0.05, 0.1) is 25.5 Å². The second-order valence-corrected chi connectivity index (χ2v) is 9.21. The van der Waals surface area contributed by atoms with Gasteiger partial charge < -0.3 is 19.1 Å². The van der Waals surface area contributed by atoms with Gasteiger partial charge in [-0.15, -0.1) is 0 Å². The molecule has 5 rings (SSSR count). The molecule has 1 aliphatic carbocycles. The minimum absolute atomic E-state index is 0.0460. The molecule has 198 valence electrons. The second-order valence-electron chi connectivity index (χ2n) is 9.21. The Kier molecular flexibility index (Phi) is 7.39. The van der Waals surface area contributed by atoms with Crippen LogP contribution in [0.1, 0.15) is 29.6 Å². The van der Waals surface area contributed by atoms with Crippen molar-refractivity contribution in [3.05, 3.63) is 66.7 Å². The fourth-order valence-electron chi connectivity index (χ4n) is 4.34. The van der Waals surface area contributed by atoms with E-state index in [4.69, 9.17) is 14.2 Å². The molecule has 3 aromatic heterocycles. The van der Waals surface area contributed by atoms with Crippen LogP contribution in [0.4, 0.5) is 14.5 Å². The number of alkyl halides is 2. The second kappa shape index (κ2) is 11.0. The number of anilines is 1. The number of Topliss-reactive ketones (excluding diaryl/α,β-unsaturated/α-hetero) is 1. The number of likely N-dealkylation sites (N-methyl/N-ethyl adjacent to an activating group) is 1. The van der Waals surface area contributed by atoms with Crippen LogP contribution in [0.25, 0.3) is 16.9 Å². The van der Waals surface area contributed by atoms with Crippen molar-refractivity contribution in [1.29, 1.82) is 0 Å². The maximum absolute atomic E-state index is 13.3. The summed E-state index contributed by atoms with van der Waals surface area (Å²) in [6.45, 7) is -1.94. The Balaban J connectivity index is 1.37. The van der Waals surface area contributed by atoms with Gasteiger partial charge in [0, 0.05) is 49.4 Å². The van der Waals surface area contributed by atoms with Crippen LogP contribution in [0.2, 0.25) is 0 Å². The average Bonchev–Trinajstić information content (AvgIpc) is 3.63. The van der Waals surface area contributed by atoms with Crippen molar-refractivity contribution >= 4 is 17.1 Å². The highest BCUT2D eigenvalue weighted by Crippen LogP contribution is 2.40. The van der Waals surface area contributed by atoms with Crippen molar-refractivity contribution in [1.82, 2.24) is 14.4 Å². The lowest BCUT2D eigenvalue weighted by molar-refractivity contribution is -0.0502. The zero-order valence-electron chi connectivity index (χ0n) is 21.1. The normalized spacial score (nSPS) is 13.1. The highest BCUT2D eigenvalue weighted by atomic mass is 19.3. The Labute approximate surface area is 218 Å². The van der Waals surface area contributed by atoms with E-state index < -0.39 is 6.61 Å². The summed E-state index contributed by atoms with van der Waals surface area (Å²) in [5, 5.41) is 0. The summed E-state index contributed by atoms with van der Waals surface area (Å²) in [5.74, 6) is 0.668. The molecule has 3 heterocycles. The molecule has 0 radical (unpaired) electrons. The van der Waals surface area contributed by atoms with E-state index in [9.17, 15) is 13.6 Å². The number of carbonyl (C=O) groups is 1. The van der Waals surface area contributed by atoms with E-state index in [2.05, 4.69) is 14.9 Å². The molecule has 0 unspecified atom stereocenters. The van der Waals surface area contributed by atoms with Crippen molar-refractivity contribution in [2.75, 3.05) is 32.2 Å². The third-order valence-corrected chi connectivity index (χ3v) is 6.53. The minimum Gasteiger partial charge on any atom is -0.496 e. The average molecular weight is 523 g/mol. The van der Waals surface area contributed by atoms with Gasteiger partial charge in [-0.2, -0.15) is 8.78 Å². The molecule has 8 nitrogen and oxygen atoms in total. The van der Waals surface area contributed by atoms with Gasteiger partial charge in [-0.1, -0.05) is 0 Å². The molecule has 1 fully saturated rings. The third-order valence-electron chi connectivity index (χ3n) is 6.53. The number of benzene rings is 1. The Morgan fingerprint density at radius 2 is 1.92 bits per heavy atom. The largest absolute Gasteiger partial charge is 0.496 e. The van der Waals surface area contributed by atoms with Crippen LogP contribution in [0, 0.1) is 5.92 Å². The summed E-state index contributed by atoms with van der Waals surface area (Å²) >= 11 is 0. The highest BCUT2D eigenvalue weighted by molar-refractivity contribution is 6.02. The molecule has 4 aromatic rings. The Morgan fingerprint density at radius 1 is 1.16 bits per heavy atom. The summed E-state index contributed by atoms with van der Waals surface area (Å²) in [4.78, 5) is 23.5. The SMILES string of the molecule is COc1cc(-c2cnc3cc(OCCN(C)c4ccncc4)ccn23)cc(OC(F)F)c1C(=O)CC1CC1. The molecular formula is C28H28F2N4O4. The van der Waals surface area contributed by atoms with Gasteiger partial charge in [0.1, 0.15) is 35.1 Å². The number of ether oxygens (including phenoxy) is 3. The minimum atomic E-state index is -3.08. The summed E-state index contributed by atoms with van der Waals surface area (Å²) in [5.41, 5.74) is 2.86. The van der Waals surface area contributed by atoms with E-state index in [1.807, 2.05) is 29.6 Å². The molecule has 0 atom stereocenters. The first-order valence-electron chi connectivity index (χ1n) is 12.3. The van der Waals surface area contributed by atoms with E-state index >= 15 is 0 Å². The fourth-order valence-corrected chi connectivity index (χ4v) is 4.34. The lowest BCUT2D eigenvalue weighted by Crippen LogP contribution is -2.23. The zero-order chi connectivity index (χ0) is 26.6. The topological polar surface area (TPSA) is 78.2 Å². The number of hydrogen-bond donors (Lipinski definition) is 0.